The molecule has 0 aliphatic carbocycles. The van der Waals surface area contributed by atoms with Crippen molar-refractivity contribution in [3.05, 3.63) is 76.1 Å². The Bertz CT molecular complexity index is 1170. The van der Waals surface area contributed by atoms with Crippen LogP contribution in [0.15, 0.2) is 63.8 Å². The van der Waals surface area contributed by atoms with Crippen LogP contribution >= 0.6 is 0 Å². The van der Waals surface area contributed by atoms with Crippen molar-refractivity contribution >= 4 is 28.5 Å². The molecule has 3 aromatic rings. The Labute approximate surface area is 162 Å². The molecule has 2 aromatic carbocycles. The predicted molar refractivity (Wildman–Crippen MR) is 98.2 cm³/mol. The first kappa shape index (κ1) is 18.9. The van der Waals surface area contributed by atoms with Gasteiger partial charge in [0.2, 0.25) is 11.8 Å². The van der Waals surface area contributed by atoms with Crippen molar-refractivity contribution in [1.82, 2.24) is 0 Å². The first-order chi connectivity index (χ1) is 13.7. The van der Waals surface area contributed by atoms with Crippen LogP contribution in [0.25, 0.3) is 11.0 Å². The van der Waals surface area contributed by atoms with E-state index in [0.29, 0.717) is 12.5 Å². The fourth-order valence-electron chi connectivity index (χ4n) is 3.55. The second-order valence-electron chi connectivity index (χ2n) is 6.82. The van der Waals surface area contributed by atoms with Crippen molar-refractivity contribution in [1.29, 1.82) is 0 Å². The number of rotatable bonds is 3. The number of carbonyl (C=O) groups is 2. The number of anilines is 1. The molecule has 8 heteroatoms. The SMILES string of the molecule is O=C1CC(Cc2ccccc2)C(=O)N1c1ccc2c(C(F)(F)F)cc(=O)oc2c1. The molecule has 1 fully saturated rings. The minimum atomic E-state index is -4.74. The molecule has 5 nitrogen and oxygen atoms in total. The largest absolute Gasteiger partial charge is 0.423 e. The predicted octanol–water partition coefficient (Wildman–Crippen LogP) is 3.93. The maximum atomic E-state index is 13.2. The number of nitrogens with zero attached hydrogens (tertiary/aromatic N) is 1. The monoisotopic (exact) mass is 401 g/mol. The second kappa shape index (κ2) is 6.88. The standard InChI is InChI=1S/C21H14F3NO4/c22-21(23,24)16-11-19(27)29-17-10-14(6-7-15(16)17)25-18(26)9-13(20(25)28)8-12-4-2-1-3-5-12/h1-7,10-11,13H,8-9H2. The van der Waals surface area contributed by atoms with Gasteiger partial charge in [0.15, 0.2) is 0 Å². The highest BCUT2D eigenvalue weighted by molar-refractivity contribution is 6.21. The van der Waals surface area contributed by atoms with Gasteiger partial charge in [-0.3, -0.25) is 14.5 Å². The summed E-state index contributed by atoms with van der Waals surface area (Å²) in [6.45, 7) is 0. The Balaban J connectivity index is 1.70. The average molecular weight is 401 g/mol. The van der Waals surface area contributed by atoms with Gasteiger partial charge >= 0.3 is 11.8 Å². The lowest BCUT2D eigenvalue weighted by Gasteiger charge is -2.16. The lowest BCUT2D eigenvalue weighted by molar-refractivity contribution is -0.136. The zero-order valence-corrected chi connectivity index (χ0v) is 14.9. The van der Waals surface area contributed by atoms with Crippen LogP contribution in [0.2, 0.25) is 0 Å². The van der Waals surface area contributed by atoms with Crippen LogP contribution < -0.4 is 10.5 Å². The number of benzene rings is 2. The van der Waals surface area contributed by atoms with Crippen molar-refractivity contribution in [2.75, 3.05) is 4.90 Å². The lowest BCUT2D eigenvalue weighted by atomic mass is 9.98. The van der Waals surface area contributed by atoms with Gasteiger partial charge in [-0.1, -0.05) is 30.3 Å². The van der Waals surface area contributed by atoms with E-state index in [9.17, 15) is 27.6 Å². The Morgan fingerprint density at radius 3 is 2.41 bits per heavy atom. The lowest BCUT2D eigenvalue weighted by Crippen LogP contribution is -2.30. The summed E-state index contributed by atoms with van der Waals surface area (Å²) in [6, 6.07) is 13.1. The van der Waals surface area contributed by atoms with Crippen LogP contribution in [0.1, 0.15) is 17.5 Å². The third kappa shape index (κ3) is 3.53. The maximum Gasteiger partial charge on any atom is 0.417 e. The molecule has 0 spiro atoms. The van der Waals surface area contributed by atoms with Gasteiger partial charge in [-0.25, -0.2) is 4.79 Å². The van der Waals surface area contributed by atoms with Crippen molar-refractivity contribution < 1.29 is 27.2 Å². The summed E-state index contributed by atoms with van der Waals surface area (Å²) in [5, 5.41) is -0.319. The summed E-state index contributed by atoms with van der Waals surface area (Å²) >= 11 is 0. The molecular weight excluding hydrogens is 387 g/mol. The Morgan fingerprint density at radius 1 is 1.00 bits per heavy atom. The Hall–Kier alpha value is -3.42. The highest BCUT2D eigenvalue weighted by atomic mass is 19.4. The highest BCUT2D eigenvalue weighted by Gasteiger charge is 2.40. The van der Waals surface area contributed by atoms with Crippen LogP contribution in [-0.4, -0.2) is 11.8 Å². The van der Waals surface area contributed by atoms with Crippen molar-refractivity contribution in [3.63, 3.8) is 0 Å². The zero-order valence-electron chi connectivity index (χ0n) is 14.9. The molecule has 148 valence electrons. The van der Waals surface area contributed by atoms with Gasteiger partial charge in [-0.05, 0) is 24.1 Å². The third-order valence-electron chi connectivity index (χ3n) is 4.86. The van der Waals surface area contributed by atoms with E-state index in [4.69, 9.17) is 4.42 Å². The molecule has 29 heavy (non-hydrogen) atoms. The van der Waals surface area contributed by atoms with Gasteiger partial charge in [0, 0.05) is 23.9 Å². The fourth-order valence-corrected chi connectivity index (χ4v) is 3.55. The van der Waals surface area contributed by atoms with Gasteiger partial charge in [-0.15, -0.1) is 0 Å². The van der Waals surface area contributed by atoms with Crippen LogP contribution in [0.3, 0.4) is 0 Å². The average Bonchev–Trinajstić information content (AvgIpc) is 2.94. The number of fused-ring (bicyclic) bond motifs is 1. The number of hydrogen-bond acceptors (Lipinski definition) is 4. The summed E-state index contributed by atoms with van der Waals surface area (Å²) in [4.78, 5) is 37.7. The summed E-state index contributed by atoms with van der Waals surface area (Å²) in [6.07, 6.45) is -4.36. The van der Waals surface area contributed by atoms with Gasteiger partial charge < -0.3 is 4.42 Å². The number of carbonyl (C=O) groups excluding carboxylic acids is 2. The van der Waals surface area contributed by atoms with E-state index in [0.717, 1.165) is 22.6 Å². The van der Waals surface area contributed by atoms with E-state index < -0.39 is 35.1 Å². The van der Waals surface area contributed by atoms with Crippen molar-refractivity contribution in [2.24, 2.45) is 5.92 Å². The number of halogens is 3. The quantitative estimate of drug-likeness (QED) is 0.493. The smallest absolute Gasteiger partial charge is 0.417 e. The van der Waals surface area contributed by atoms with Gasteiger partial charge in [0.25, 0.3) is 0 Å². The summed E-state index contributed by atoms with van der Waals surface area (Å²) < 4.78 is 44.4. The topological polar surface area (TPSA) is 67.6 Å². The molecule has 1 aromatic heterocycles. The van der Waals surface area contributed by atoms with E-state index in [2.05, 4.69) is 0 Å². The maximum absolute atomic E-state index is 13.2. The van der Waals surface area contributed by atoms with E-state index in [1.807, 2.05) is 30.3 Å². The van der Waals surface area contributed by atoms with Crippen LogP contribution in [0.4, 0.5) is 18.9 Å². The van der Waals surface area contributed by atoms with E-state index in [-0.39, 0.29) is 23.1 Å². The molecular formula is C21H14F3NO4. The highest BCUT2D eigenvalue weighted by Crippen LogP contribution is 2.36. The van der Waals surface area contributed by atoms with Crippen LogP contribution in [0, 0.1) is 5.92 Å². The van der Waals surface area contributed by atoms with Crippen molar-refractivity contribution in [2.45, 2.75) is 19.0 Å². The minimum absolute atomic E-state index is 0.00168. The van der Waals surface area contributed by atoms with Gasteiger partial charge in [-0.2, -0.15) is 13.2 Å². The molecule has 2 heterocycles. The number of amides is 2. The molecule has 1 aliphatic rings. The molecule has 2 amide bonds. The van der Waals surface area contributed by atoms with Crippen LogP contribution in [-0.2, 0) is 22.2 Å². The molecule has 1 aliphatic heterocycles. The molecule has 0 bridgehead atoms. The first-order valence-electron chi connectivity index (χ1n) is 8.80. The summed E-state index contributed by atoms with van der Waals surface area (Å²) in [5.74, 6) is -1.45. The molecule has 1 atom stereocenters. The molecule has 4 rings (SSSR count). The van der Waals surface area contributed by atoms with E-state index >= 15 is 0 Å². The van der Waals surface area contributed by atoms with Gasteiger partial charge in [0.1, 0.15) is 5.58 Å². The first-order valence-corrected chi connectivity index (χ1v) is 8.80. The number of alkyl halides is 3. The summed E-state index contributed by atoms with van der Waals surface area (Å²) in [7, 11) is 0. The Kier molecular flexibility index (Phi) is 4.49. The van der Waals surface area contributed by atoms with Crippen molar-refractivity contribution in [3.8, 4) is 0 Å². The molecule has 0 saturated carbocycles. The number of imide groups is 1. The minimum Gasteiger partial charge on any atom is -0.423 e. The fraction of sp³-hybridized carbons (Fsp3) is 0.190. The second-order valence-corrected chi connectivity index (χ2v) is 6.82. The van der Waals surface area contributed by atoms with Gasteiger partial charge in [0.05, 0.1) is 17.2 Å². The Morgan fingerprint density at radius 2 is 1.72 bits per heavy atom. The third-order valence-corrected chi connectivity index (χ3v) is 4.86. The molecule has 1 saturated heterocycles. The molecule has 0 radical (unpaired) electrons. The van der Waals surface area contributed by atoms with E-state index in [1.54, 1.807) is 0 Å². The zero-order chi connectivity index (χ0) is 20.8. The molecule has 1 unspecified atom stereocenters. The number of hydrogen-bond donors (Lipinski definition) is 0. The summed E-state index contributed by atoms with van der Waals surface area (Å²) in [5.41, 5.74) is -1.65. The normalized spacial score (nSPS) is 17.3. The van der Waals surface area contributed by atoms with E-state index in [1.165, 1.54) is 6.07 Å². The van der Waals surface area contributed by atoms with Crippen LogP contribution in [0.5, 0.6) is 0 Å². The molecule has 0 N–H and O–H groups in total.